The van der Waals surface area contributed by atoms with E-state index in [2.05, 4.69) is 23.8 Å². The molecule has 0 aromatic heterocycles. The molecule has 0 atom stereocenters. The zero-order chi connectivity index (χ0) is 7.40. The van der Waals surface area contributed by atoms with E-state index in [-0.39, 0.29) is 8.41 Å². The number of unbranched alkanes of at least 4 members (excludes halogenated alkanes) is 1. The van der Waals surface area contributed by atoms with Gasteiger partial charge in [0, 0.05) is 13.1 Å². The van der Waals surface area contributed by atoms with Crippen LogP contribution in [-0.2, 0) is 0 Å². The molecule has 1 heterocycles. The molecule has 11 heavy (non-hydrogen) atoms. The number of hydrogen-bond donors (Lipinski definition) is 0. The van der Waals surface area contributed by atoms with Crippen molar-refractivity contribution < 1.29 is 0 Å². The van der Waals surface area contributed by atoms with Gasteiger partial charge in [0.25, 0.3) is 0 Å². The standard InChI is InChI=1S/C8H18N2.BH3/c1-3-4-5-10-7-6-9(2)8-10;/h3-8H2,1-2H3;1H3. The highest BCUT2D eigenvalue weighted by Gasteiger charge is 2.14. The average Bonchev–Trinajstić information content (AvgIpc) is 2.31. The van der Waals surface area contributed by atoms with E-state index >= 15 is 0 Å². The molecule has 1 aliphatic heterocycles. The van der Waals surface area contributed by atoms with E-state index in [1.54, 1.807) is 0 Å². The van der Waals surface area contributed by atoms with E-state index in [9.17, 15) is 0 Å². The highest BCUT2D eigenvalue weighted by molar-refractivity contribution is 5.75. The smallest absolute Gasteiger partial charge is 0.0814 e. The first-order chi connectivity index (χ1) is 4.83. The van der Waals surface area contributed by atoms with Crippen LogP contribution in [0.4, 0.5) is 0 Å². The highest BCUT2D eigenvalue weighted by atomic mass is 15.4. The monoisotopic (exact) mass is 156 g/mol. The largest absolute Gasteiger partial charge is 0.292 e. The second-order valence-electron chi connectivity index (χ2n) is 3.19. The maximum atomic E-state index is 2.52. The zero-order valence-electron chi connectivity index (χ0n) is 7.14. The van der Waals surface area contributed by atoms with Crippen LogP contribution in [0.5, 0.6) is 0 Å². The fourth-order valence-electron chi connectivity index (χ4n) is 1.36. The minimum absolute atomic E-state index is 0. The third-order valence-electron chi connectivity index (χ3n) is 2.07. The van der Waals surface area contributed by atoms with Gasteiger partial charge in [-0.2, -0.15) is 0 Å². The minimum Gasteiger partial charge on any atom is -0.292 e. The predicted molar refractivity (Wildman–Crippen MR) is 53.9 cm³/mol. The Morgan fingerprint density at radius 2 is 2.00 bits per heavy atom. The quantitative estimate of drug-likeness (QED) is 0.522. The molecule has 1 rings (SSSR count). The molecule has 0 aliphatic carbocycles. The van der Waals surface area contributed by atoms with Crippen LogP contribution in [0.2, 0.25) is 0 Å². The van der Waals surface area contributed by atoms with Crippen LogP contribution in [0.15, 0.2) is 0 Å². The van der Waals surface area contributed by atoms with Gasteiger partial charge >= 0.3 is 0 Å². The fraction of sp³-hybridized carbons (Fsp3) is 1.00. The summed E-state index contributed by atoms with van der Waals surface area (Å²) in [4.78, 5) is 4.89. The second kappa shape index (κ2) is 5.61. The summed E-state index contributed by atoms with van der Waals surface area (Å²) >= 11 is 0. The second-order valence-corrected chi connectivity index (χ2v) is 3.19. The van der Waals surface area contributed by atoms with Crippen molar-refractivity contribution in [1.82, 2.24) is 9.80 Å². The number of rotatable bonds is 3. The van der Waals surface area contributed by atoms with Gasteiger partial charge in [-0.25, -0.2) is 0 Å². The first-order valence-electron chi connectivity index (χ1n) is 4.24. The van der Waals surface area contributed by atoms with Crippen molar-refractivity contribution in [1.29, 1.82) is 0 Å². The van der Waals surface area contributed by atoms with E-state index in [0.717, 1.165) is 0 Å². The number of hydrogen-bond acceptors (Lipinski definition) is 2. The van der Waals surface area contributed by atoms with Gasteiger partial charge in [-0.15, -0.1) is 0 Å². The maximum Gasteiger partial charge on any atom is 0.0814 e. The van der Waals surface area contributed by atoms with Crippen LogP contribution >= 0.6 is 0 Å². The third-order valence-corrected chi connectivity index (χ3v) is 2.07. The predicted octanol–water partition coefficient (Wildman–Crippen LogP) is -0.192. The molecule has 1 aliphatic rings. The van der Waals surface area contributed by atoms with E-state index in [1.807, 2.05) is 0 Å². The average molecular weight is 156 g/mol. The van der Waals surface area contributed by atoms with Gasteiger partial charge in [0.05, 0.1) is 15.1 Å². The van der Waals surface area contributed by atoms with Crippen LogP contribution < -0.4 is 0 Å². The summed E-state index contributed by atoms with van der Waals surface area (Å²) in [6.07, 6.45) is 2.67. The Morgan fingerprint density at radius 1 is 1.27 bits per heavy atom. The molecule has 0 unspecified atom stereocenters. The Kier molecular flexibility index (Phi) is 5.60. The summed E-state index contributed by atoms with van der Waals surface area (Å²) in [6, 6.07) is 0. The van der Waals surface area contributed by atoms with Crippen molar-refractivity contribution in [2.24, 2.45) is 0 Å². The summed E-state index contributed by atoms with van der Waals surface area (Å²) in [7, 11) is 2.19. The highest BCUT2D eigenvalue weighted by Crippen LogP contribution is 2.02. The molecule has 3 heteroatoms. The van der Waals surface area contributed by atoms with Crippen LogP contribution in [-0.4, -0.2) is 51.6 Å². The zero-order valence-corrected chi connectivity index (χ0v) is 7.14. The molecule has 0 bridgehead atoms. The van der Waals surface area contributed by atoms with Gasteiger partial charge < -0.3 is 0 Å². The van der Waals surface area contributed by atoms with Gasteiger partial charge in [-0.1, -0.05) is 13.3 Å². The summed E-state index contributed by atoms with van der Waals surface area (Å²) in [5.41, 5.74) is 0. The van der Waals surface area contributed by atoms with Gasteiger partial charge in [0.15, 0.2) is 0 Å². The molecule has 0 aromatic rings. The SMILES string of the molecule is B.CCCCN1CCN(C)C1. The van der Waals surface area contributed by atoms with E-state index in [0.29, 0.717) is 0 Å². The number of likely N-dealkylation sites (N-methyl/N-ethyl adjacent to an activating group) is 1. The van der Waals surface area contributed by atoms with E-state index in [1.165, 1.54) is 39.1 Å². The lowest BCUT2D eigenvalue weighted by Gasteiger charge is -2.13. The van der Waals surface area contributed by atoms with Crippen molar-refractivity contribution >= 4 is 8.41 Å². The third kappa shape index (κ3) is 3.78. The molecule has 0 N–H and O–H groups in total. The molecule has 0 spiro atoms. The Balaban J connectivity index is 0.000001000. The van der Waals surface area contributed by atoms with Crippen LogP contribution in [0, 0.1) is 0 Å². The van der Waals surface area contributed by atoms with Crippen molar-refractivity contribution in [3.63, 3.8) is 0 Å². The van der Waals surface area contributed by atoms with E-state index < -0.39 is 0 Å². The lowest BCUT2D eigenvalue weighted by atomic mass is 10.3. The van der Waals surface area contributed by atoms with E-state index in [4.69, 9.17) is 0 Å². The Labute approximate surface area is 72.1 Å². The van der Waals surface area contributed by atoms with Crippen molar-refractivity contribution in [2.75, 3.05) is 33.4 Å². The first-order valence-corrected chi connectivity index (χ1v) is 4.24. The first kappa shape index (κ1) is 11.0. The van der Waals surface area contributed by atoms with Crippen LogP contribution in [0.25, 0.3) is 0 Å². The maximum absolute atomic E-state index is 2.52. The van der Waals surface area contributed by atoms with Crippen LogP contribution in [0.3, 0.4) is 0 Å². The summed E-state index contributed by atoms with van der Waals surface area (Å²) in [5.74, 6) is 0. The van der Waals surface area contributed by atoms with Crippen molar-refractivity contribution in [3.05, 3.63) is 0 Å². The molecule has 1 saturated heterocycles. The Hall–Kier alpha value is -0.0151. The fourth-order valence-corrected chi connectivity index (χ4v) is 1.36. The van der Waals surface area contributed by atoms with Gasteiger partial charge in [0.2, 0.25) is 0 Å². The lowest BCUT2D eigenvalue weighted by Crippen LogP contribution is -2.23. The topological polar surface area (TPSA) is 6.48 Å². The summed E-state index contributed by atoms with van der Waals surface area (Å²) in [6.45, 7) is 7.25. The molecule has 0 saturated carbocycles. The van der Waals surface area contributed by atoms with Gasteiger partial charge in [-0.05, 0) is 20.0 Å². The minimum atomic E-state index is 0. The van der Waals surface area contributed by atoms with Crippen molar-refractivity contribution in [3.8, 4) is 0 Å². The van der Waals surface area contributed by atoms with Crippen molar-refractivity contribution in [2.45, 2.75) is 19.8 Å². The molecule has 0 radical (unpaired) electrons. The number of nitrogens with zero attached hydrogens (tertiary/aromatic N) is 2. The molecule has 2 nitrogen and oxygen atoms in total. The molecular weight excluding hydrogens is 135 g/mol. The van der Waals surface area contributed by atoms with Gasteiger partial charge in [-0.3, -0.25) is 9.80 Å². The molecular formula is C8H21BN2. The summed E-state index contributed by atoms with van der Waals surface area (Å²) in [5, 5.41) is 0. The molecule has 0 aromatic carbocycles. The van der Waals surface area contributed by atoms with Gasteiger partial charge in [0.1, 0.15) is 0 Å². The Bertz CT molecular complexity index is 98.1. The van der Waals surface area contributed by atoms with Crippen LogP contribution in [0.1, 0.15) is 19.8 Å². The normalized spacial score (nSPS) is 20.2. The molecule has 1 fully saturated rings. The Morgan fingerprint density at radius 3 is 2.45 bits per heavy atom. The molecule has 66 valence electrons. The lowest BCUT2D eigenvalue weighted by molar-refractivity contribution is 0.271. The molecule has 0 amide bonds. The summed E-state index contributed by atoms with van der Waals surface area (Å²) < 4.78 is 0.